The lowest BCUT2D eigenvalue weighted by molar-refractivity contribution is 0.577. The van der Waals surface area contributed by atoms with E-state index in [9.17, 15) is 8.42 Å². The first kappa shape index (κ1) is 13.6. The Morgan fingerprint density at radius 1 is 1.50 bits per heavy atom. The Balaban J connectivity index is 2.39. The van der Waals surface area contributed by atoms with Crippen LogP contribution in [0.5, 0.6) is 0 Å². The lowest BCUT2D eigenvalue weighted by Gasteiger charge is -2.05. The first-order valence-corrected chi connectivity index (χ1v) is 7.65. The van der Waals surface area contributed by atoms with Crippen molar-refractivity contribution in [1.29, 1.82) is 0 Å². The van der Waals surface area contributed by atoms with Crippen molar-refractivity contribution in [2.24, 2.45) is 5.73 Å². The van der Waals surface area contributed by atoms with Gasteiger partial charge in [-0.2, -0.15) is 0 Å². The molecular formula is C9H17N3O2S2. The molecule has 0 aliphatic carbocycles. The number of sulfonamides is 1. The minimum Gasteiger partial charge on any atom is -0.330 e. The van der Waals surface area contributed by atoms with Crippen LogP contribution >= 0.6 is 11.3 Å². The average Bonchev–Trinajstić information content (AvgIpc) is 2.62. The smallest absolute Gasteiger partial charge is 0.211 e. The molecule has 0 radical (unpaired) electrons. The van der Waals surface area contributed by atoms with E-state index in [1.54, 1.807) is 5.51 Å². The third kappa shape index (κ3) is 4.56. The Morgan fingerprint density at radius 2 is 2.25 bits per heavy atom. The first-order valence-electron chi connectivity index (χ1n) is 5.11. The monoisotopic (exact) mass is 263 g/mol. The van der Waals surface area contributed by atoms with E-state index in [2.05, 4.69) is 9.71 Å². The Hall–Kier alpha value is -0.500. The molecule has 0 aliphatic heterocycles. The highest BCUT2D eigenvalue weighted by atomic mass is 32.2. The van der Waals surface area contributed by atoms with Crippen LogP contribution in [0.3, 0.4) is 0 Å². The van der Waals surface area contributed by atoms with Crippen LogP contribution in [-0.2, 0) is 16.6 Å². The van der Waals surface area contributed by atoms with Gasteiger partial charge in [0, 0.05) is 11.4 Å². The van der Waals surface area contributed by atoms with Crippen LogP contribution in [0.25, 0.3) is 0 Å². The summed E-state index contributed by atoms with van der Waals surface area (Å²) in [6.07, 6.45) is 1.34. The van der Waals surface area contributed by atoms with Gasteiger partial charge in [0.2, 0.25) is 10.0 Å². The maximum atomic E-state index is 11.5. The molecule has 1 aromatic heterocycles. The van der Waals surface area contributed by atoms with Gasteiger partial charge in [-0.05, 0) is 26.3 Å². The molecule has 3 N–H and O–H groups in total. The quantitative estimate of drug-likeness (QED) is 0.706. The van der Waals surface area contributed by atoms with E-state index in [0.717, 1.165) is 17.0 Å². The van der Waals surface area contributed by atoms with Crippen molar-refractivity contribution in [3.63, 3.8) is 0 Å². The Morgan fingerprint density at radius 3 is 2.81 bits per heavy atom. The highest BCUT2D eigenvalue weighted by Crippen LogP contribution is 2.11. The molecule has 0 atom stereocenters. The van der Waals surface area contributed by atoms with Crippen molar-refractivity contribution in [2.75, 3.05) is 12.3 Å². The maximum Gasteiger partial charge on any atom is 0.211 e. The summed E-state index contributed by atoms with van der Waals surface area (Å²) in [4.78, 5) is 5.02. The van der Waals surface area contributed by atoms with E-state index in [0.29, 0.717) is 19.5 Å². The lowest BCUT2D eigenvalue weighted by atomic mass is 10.3. The molecule has 92 valence electrons. The van der Waals surface area contributed by atoms with Gasteiger partial charge in [-0.3, -0.25) is 0 Å². The van der Waals surface area contributed by atoms with Crippen molar-refractivity contribution < 1.29 is 8.42 Å². The first-order chi connectivity index (χ1) is 7.55. The summed E-state index contributed by atoms with van der Waals surface area (Å²) in [5, 5.41) is 0. The summed E-state index contributed by atoms with van der Waals surface area (Å²) >= 11 is 1.46. The summed E-state index contributed by atoms with van der Waals surface area (Å²) in [7, 11) is -3.17. The van der Waals surface area contributed by atoms with Crippen molar-refractivity contribution in [3.8, 4) is 0 Å². The predicted molar refractivity (Wildman–Crippen MR) is 65.8 cm³/mol. The van der Waals surface area contributed by atoms with E-state index in [1.807, 2.05) is 6.92 Å². The second-order valence-electron chi connectivity index (χ2n) is 3.50. The SMILES string of the molecule is Cc1ncsc1CNS(=O)(=O)CCCCN. The summed E-state index contributed by atoms with van der Waals surface area (Å²) < 4.78 is 25.7. The predicted octanol–water partition coefficient (Wildman–Crippen LogP) is 0.610. The van der Waals surface area contributed by atoms with Gasteiger partial charge < -0.3 is 5.73 Å². The molecule has 0 aromatic carbocycles. The van der Waals surface area contributed by atoms with E-state index in [-0.39, 0.29) is 5.75 Å². The summed E-state index contributed by atoms with van der Waals surface area (Å²) in [6.45, 7) is 2.74. The van der Waals surface area contributed by atoms with Gasteiger partial charge in [0.05, 0.1) is 17.0 Å². The van der Waals surface area contributed by atoms with Crippen LogP contribution in [0.1, 0.15) is 23.4 Å². The molecule has 1 aromatic rings. The molecule has 0 fully saturated rings. The fraction of sp³-hybridized carbons (Fsp3) is 0.667. The number of aromatic nitrogens is 1. The van der Waals surface area contributed by atoms with Gasteiger partial charge in [-0.1, -0.05) is 0 Å². The van der Waals surface area contributed by atoms with Gasteiger partial charge >= 0.3 is 0 Å². The van der Waals surface area contributed by atoms with Gasteiger partial charge in [-0.25, -0.2) is 18.1 Å². The second-order valence-corrected chi connectivity index (χ2v) is 6.36. The van der Waals surface area contributed by atoms with Crippen LogP contribution in [0.4, 0.5) is 0 Å². The molecule has 0 unspecified atom stereocenters. The van der Waals surface area contributed by atoms with Crippen molar-refractivity contribution in [3.05, 3.63) is 16.1 Å². The number of nitrogens with one attached hydrogen (secondary N) is 1. The summed E-state index contributed by atoms with van der Waals surface area (Å²) in [5.41, 5.74) is 7.91. The zero-order chi connectivity index (χ0) is 12.0. The lowest BCUT2D eigenvalue weighted by Crippen LogP contribution is -2.26. The van der Waals surface area contributed by atoms with Gasteiger partial charge in [0.1, 0.15) is 0 Å². The van der Waals surface area contributed by atoms with Crippen molar-refractivity contribution >= 4 is 21.4 Å². The van der Waals surface area contributed by atoms with E-state index >= 15 is 0 Å². The van der Waals surface area contributed by atoms with E-state index in [4.69, 9.17) is 5.73 Å². The Labute approximate surface area is 100 Å². The molecule has 1 heterocycles. The zero-order valence-corrected chi connectivity index (χ0v) is 10.9. The van der Waals surface area contributed by atoms with E-state index < -0.39 is 10.0 Å². The number of hydrogen-bond acceptors (Lipinski definition) is 5. The second kappa shape index (κ2) is 6.29. The molecule has 0 bridgehead atoms. The van der Waals surface area contributed by atoms with Crippen LogP contribution in [-0.4, -0.2) is 25.7 Å². The molecule has 0 saturated carbocycles. The number of rotatable bonds is 7. The third-order valence-electron chi connectivity index (χ3n) is 2.16. The van der Waals surface area contributed by atoms with Crippen LogP contribution < -0.4 is 10.5 Å². The highest BCUT2D eigenvalue weighted by molar-refractivity contribution is 7.89. The molecule has 1 rings (SSSR count). The fourth-order valence-corrected chi connectivity index (χ4v) is 3.08. The molecule has 0 saturated heterocycles. The number of hydrogen-bond donors (Lipinski definition) is 2. The largest absolute Gasteiger partial charge is 0.330 e. The molecule has 5 nitrogen and oxygen atoms in total. The van der Waals surface area contributed by atoms with Crippen LogP contribution in [0.15, 0.2) is 5.51 Å². The van der Waals surface area contributed by atoms with Crippen molar-refractivity contribution in [2.45, 2.75) is 26.3 Å². The molecule has 7 heteroatoms. The topological polar surface area (TPSA) is 85.1 Å². The summed E-state index contributed by atoms with van der Waals surface area (Å²) in [6, 6.07) is 0. The van der Waals surface area contributed by atoms with Crippen molar-refractivity contribution in [1.82, 2.24) is 9.71 Å². The fourth-order valence-electron chi connectivity index (χ4n) is 1.18. The highest BCUT2D eigenvalue weighted by Gasteiger charge is 2.10. The third-order valence-corrected chi connectivity index (χ3v) is 4.51. The molecule has 16 heavy (non-hydrogen) atoms. The van der Waals surface area contributed by atoms with Crippen LogP contribution in [0.2, 0.25) is 0 Å². The number of nitrogens with two attached hydrogens (primary N) is 1. The van der Waals surface area contributed by atoms with Gasteiger partial charge in [0.25, 0.3) is 0 Å². The molecule has 0 amide bonds. The van der Waals surface area contributed by atoms with Gasteiger partial charge in [0.15, 0.2) is 0 Å². The number of nitrogens with zero attached hydrogens (tertiary/aromatic N) is 1. The minimum atomic E-state index is -3.17. The zero-order valence-electron chi connectivity index (χ0n) is 9.27. The number of aryl methyl sites for hydroxylation is 1. The normalized spacial score (nSPS) is 11.9. The molecule has 0 aliphatic rings. The number of unbranched alkanes of at least 4 members (excludes halogenated alkanes) is 1. The summed E-state index contributed by atoms with van der Waals surface area (Å²) in [5.74, 6) is 0.141. The number of thiazole rings is 1. The van der Waals surface area contributed by atoms with Crippen LogP contribution in [0, 0.1) is 6.92 Å². The van der Waals surface area contributed by atoms with E-state index in [1.165, 1.54) is 11.3 Å². The van der Waals surface area contributed by atoms with Gasteiger partial charge in [-0.15, -0.1) is 11.3 Å². The Bertz CT molecular complexity index is 414. The molecule has 0 spiro atoms. The standard InChI is InChI=1S/C9H17N3O2S2/c1-8-9(15-7-11-8)6-12-16(13,14)5-3-2-4-10/h7,12H,2-6,10H2,1H3. The molecular weight excluding hydrogens is 246 g/mol. The average molecular weight is 263 g/mol. The maximum absolute atomic E-state index is 11.5. The Kier molecular flexibility index (Phi) is 5.33. The minimum absolute atomic E-state index is 0.141.